The zero-order chi connectivity index (χ0) is 15.2. The van der Waals surface area contributed by atoms with E-state index in [4.69, 9.17) is 9.47 Å². The van der Waals surface area contributed by atoms with Crippen LogP contribution in [0.2, 0.25) is 0 Å². The Morgan fingerprint density at radius 2 is 2.41 bits per heavy atom. The van der Waals surface area contributed by atoms with Crippen LogP contribution < -0.4 is 10.1 Å². The number of rotatable bonds is 7. The van der Waals surface area contributed by atoms with Gasteiger partial charge in [0.15, 0.2) is 4.34 Å². The summed E-state index contributed by atoms with van der Waals surface area (Å²) < 4.78 is 11.6. The molecule has 0 spiro atoms. The van der Waals surface area contributed by atoms with Crippen molar-refractivity contribution in [3.8, 4) is 5.88 Å². The largest absolute Gasteiger partial charge is 0.481 e. The first-order valence-electron chi connectivity index (χ1n) is 7.15. The summed E-state index contributed by atoms with van der Waals surface area (Å²) in [5.74, 6) is 1.38. The van der Waals surface area contributed by atoms with E-state index >= 15 is 0 Å². The average molecular weight is 338 g/mol. The van der Waals surface area contributed by atoms with Crippen LogP contribution in [0.15, 0.2) is 22.5 Å². The van der Waals surface area contributed by atoms with Crippen molar-refractivity contribution in [2.75, 3.05) is 25.6 Å². The number of ether oxygens (including phenoxy) is 2. The lowest BCUT2D eigenvalue weighted by molar-refractivity contribution is 0.120. The molecule has 118 valence electrons. The molecule has 1 saturated heterocycles. The molecule has 1 aliphatic heterocycles. The fourth-order valence-corrected chi connectivity index (χ4v) is 3.80. The Kier molecular flexibility index (Phi) is 5.47. The van der Waals surface area contributed by atoms with Crippen molar-refractivity contribution in [2.24, 2.45) is 0 Å². The maximum Gasteiger partial charge on any atom is 0.213 e. The third kappa shape index (κ3) is 4.31. The van der Waals surface area contributed by atoms with Crippen molar-refractivity contribution in [1.82, 2.24) is 15.2 Å². The summed E-state index contributed by atoms with van der Waals surface area (Å²) in [4.78, 5) is 4.38. The van der Waals surface area contributed by atoms with E-state index in [2.05, 4.69) is 20.5 Å². The third-order valence-corrected chi connectivity index (χ3v) is 5.29. The molecule has 3 heterocycles. The minimum atomic E-state index is 0.306. The smallest absolute Gasteiger partial charge is 0.213 e. The monoisotopic (exact) mass is 338 g/mol. The maximum absolute atomic E-state index is 5.58. The summed E-state index contributed by atoms with van der Waals surface area (Å²) in [7, 11) is 1.62. The van der Waals surface area contributed by atoms with Crippen LogP contribution >= 0.6 is 23.1 Å². The molecule has 1 N–H and O–H groups in total. The molecule has 0 radical (unpaired) electrons. The first-order valence-corrected chi connectivity index (χ1v) is 8.95. The average Bonchev–Trinajstić information content (AvgIpc) is 3.22. The zero-order valence-corrected chi connectivity index (χ0v) is 14.0. The first-order chi connectivity index (χ1) is 10.8. The summed E-state index contributed by atoms with van der Waals surface area (Å²) in [5.41, 5.74) is 0.966. The second-order valence-electron chi connectivity index (χ2n) is 4.85. The van der Waals surface area contributed by atoms with Crippen LogP contribution in [0.5, 0.6) is 5.88 Å². The highest BCUT2D eigenvalue weighted by Gasteiger charge is 2.15. The van der Waals surface area contributed by atoms with Gasteiger partial charge in [0.1, 0.15) is 0 Å². The lowest BCUT2D eigenvalue weighted by Crippen LogP contribution is -2.18. The SMILES string of the molecule is COc1cccc(CSc2nnc(NC[C@H]3CCCO3)s2)n1. The molecule has 6 nitrogen and oxygen atoms in total. The molecule has 0 bridgehead atoms. The summed E-state index contributed by atoms with van der Waals surface area (Å²) in [5, 5.41) is 12.5. The molecule has 1 aliphatic rings. The van der Waals surface area contributed by atoms with Crippen molar-refractivity contribution in [2.45, 2.75) is 29.0 Å². The molecule has 0 amide bonds. The van der Waals surface area contributed by atoms with Gasteiger partial charge in [0.2, 0.25) is 11.0 Å². The number of aromatic nitrogens is 3. The van der Waals surface area contributed by atoms with Crippen LogP contribution in [-0.4, -0.2) is 41.5 Å². The molecule has 2 aromatic heterocycles. The van der Waals surface area contributed by atoms with Gasteiger partial charge in [-0.2, -0.15) is 0 Å². The van der Waals surface area contributed by atoms with Crippen molar-refractivity contribution in [1.29, 1.82) is 0 Å². The van der Waals surface area contributed by atoms with Crippen molar-refractivity contribution in [3.63, 3.8) is 0 Å². The molecule has 2 aromatic rings. The van der Waals surface area contributed by atoms with Crippen LogP contribution in [0, 0.1) is 0 Å². The van der Waals surface area contributed by atoms with Crippen molar-refractivity contribution in [3.05, 3.63) is 23.9 Å². The van der Waals surface area contributed by atoms with Crippen molar-refractivity contribution < 1.29 is 9.47 Å². The minimum Gasteiger partial charge on any atom is -0.481 e. The van der Waals surface area contributed by atoms with Gasteiger partial charge < -0.3 is 14.8 Å². The Morgan fingerprint density at radius 1 is 1.45 bits per heavy atom. The number of hydrogen-bond donors (Lipinski definition) is 1. The predicted molar refractivity (Wildman–Crippen MR) is 87.7 cm³/mol. The first kappa shape index (κ1) is 15.5. The van der Waals surface area contributed by atoms with Gasteiger partial charge in [-0.15, -0.1) is 10.2 Å². The van der Waals surface area contributed by atoms with Gasteiger partial charge in [0, 0.05) is 25.0 Å². The highest BCUT2D eigenvalue weighted by molar-refractivity contribution is 8.00. The van der Waals surface area contributed by atoms with Crippen molar-refractivity contribution >= 4 is 28.2 Å². The Morgan fingerprint density at radius 3 is 3.23 bits per heavy atom. The quantitative estimate of drug-likeness (QED) is 0.778. The van der Waals surface area contributed by atoms with E-state index in [1.165, 1.54) is 0 Å². The molecule has 0 saturated carbocycles. The Hall–Kier alpha value is -1.38. The summed E-state index contributed by atoms with van der Waals surface area (Å²) in [6.07, 6.45) is 2.58. The van der Waals surface area contributed by atoms with E-state index in [1.54, 1.807) is 30.2 Å². The summed E-state index contributed by atoms with van der Waals surface area (Å²) in [6.45, 7) is 1.67. The highest BCUT2D eigenvalue weighted by Crippen LogP contribution is 2.28. The molecular formula is C14H18N4O2S2. The Balaban J connectivity index is 1.48. The fraction of sp³-hybridized carbons (Fsp3) is 0.500. The van der Waals surface area contributed by atoms with E-state index in [-0.39, 0.29) is 0 Å². The second-order valence-corrected chi connectivity index (χ2v) is 7.05. The number of nitrogens with zero attached hydrogens (tertiary/aromatic N) is 3. The van der Waals surface area contributed by atoms with Gasteiger partial charge in [-0.1, -0.05) is 29.2 Å². The van der Waals surface area contributed by atoms with Crippen LogP contribution in [-0.2, 0) is 10.5 Å². The van der Waals surface area contributed by atoms with Crippen LogP contribution in [0.4, 0.5) is 5.13 Å². The molecule has 0 unspecified atom stereocenters. The molecule has 1 atom stereocenters. The number of pyridine rings is 1. The summed E-state index contributed by atoms with van der Waals surface area (Å²) in [6, 6.07) is 5.76. The van der Waals surface area contributed by atoms with Gasteiger partial charge in [0.25, 0.3) is 0 Å². The number of thioether (sulfide) groups is 1. The zero-order valence-electron chi connectivity index (χ0n) is 12.3. The number of nitrogens with one attached hydrogen (secondary N) is 1. The molecule has 3 rings (SSSR count). The van der Waals surface area contributed by atoms with E-state index in [0.29, 0.717) is 12.0 Å². The van der Waals surface area contributed by atoms with E-state index in [9.17, 15) is 0 Å². The van der Waals surface area contributed by atoms with Gasteiger partial charge in [-0.05, 0) is 18.9 Å². The number of hydrogen-bond acceptors (Lipinski definition) is 8. The maximum atomic E-state index is 5.58. The number of methoxy groups -OCH3 is 1. The van der Waals surface area contributed by atoms with Gasteiger partial charge in [-0.3, -0.25) is 0 Å². The van der Waals surface area contributed by atoms with Gasteiger partial charge >= 0.3 is 0 Å². The van der Waals surface area contributed by atoms with E-state index < -0.39 is 0 Å². The highest BCUT2D eigenvalue weighted by atomic mass is 32.2. The second kappa shape index (κ2) is 7.75. The van der Waals surface area contributed by atoms with Crippen LogP contribution in [0.3, 0.4) is 0 Å². The number of anilines is 1. The van der Waals surface area contributed by atoms with Crippen LogP contribution in [0.25, 0.3) is 0 Å². The molecule has 0 aromatic carbocycles. The van der Waals surface area contributed by atoms with Gasteiger partial charge in [-0.25, -0.2) is 4.98 Å². The van der Waals surface area contributed by atoms with Gasteiger partial charge in [0.05, 0.1) is 18.9 Å². The molecular weight excluding hydrogens is 320 g/mol. The normalized spacial score (nSPS) is 17.6. The topological polar surface area (TPSA) is 69.2 Å². The third-order valence-electron chi connectivity index (χ3n) is 3.25. The van der Waals surface area contributed by atoms with Crippen LogP contribution in [0.1, 0.15) is 18.5 Å². The van der Waals surface area contributed by atoms with E-state index in [0.717, 1.165) is 46.9 Å². The van der Waals surface area contributed by atoms with E-state index in [1.807, 2.05) is 18.2 Å². The molecule has 22 heavy (non-hydrogen) atoms. The Labute approximate surface area is 137 Å². The fourth-order valence-electron chi connectivity index (χ4n) is 2.13. The molecule has 1 fully saturated rings. The minimum absolute atomic E-state index is 0.306. The standard InChI is InChI=1S/C14H18N4O2S2/c1-19-12-6-2-4-10(16-12)9-21-14-18-17-13(22-14)15-8-11-5-3-7-20-11/h2,4,6,11H,3,5,7-9H2,1H3,(H,15,17)/t11-/m1/s1. The predicted octanol–water partition coefficient (Wildman–Crippen LogP) is 2.82. The lowest BCUT2D eigenvalue weighted by Gasteiger charge is -2.08. The Bertz CT molecular complexity index is 602. The molecule has 8 heteroatoms. The summed E-state index contributed by atoms with van der Waals surface area (Å²) >= 11 is 3.19. The molecule has 0 aliphatic carbocycles. The lowest BCUT2D eigenvalue weighted by atomic mass is 10.2.